The SMILES string of the molecule is Cc1ccc(Cl)c(OCc2cccc(C(=O)Nc3nn(Cc4cccc(F)c4)cc3Cl)c2)c1. The molecule has 0 saturated carbocycles. The van der Waals surface area contributed by atoms with E-state index in [-0.39, 0.29) is 29.2 Å². The van der Waals surface area contributed by atoms with E-state index in [9.17, 15) is 9.18 Å². The van der Waals surface area contributed by atoms with Crippen molar-refractivity contribution in [3.8, 4) is 5.75 Å². The summed E-state index contributed by atoms with van der Waals surface area (Å²) in [6, 6.07) is 18.8. The van der Waals surface area contributed by atoms with E-state index >= 15 is 0 Å². The standard InChI is InChI=1S/C25H20Cl2FN3O2/c1-16-8-9-21(26)23(10-16)33-15-18-5-2-6-19(11-18)25(32)29-24-22(27)14-31(30-24)13-17-4-3-7-20(28)12-17/h2-12,14H,13,15H2,1H3,(H,29,30,32). The highest BCUT2D eigenvalue weighted by Crippen LogP contribution is 2.26. The number of nitrogens with one attached hydrogen (secondary N) is 1. The Hall–Kier alpha value is -3.35. The number of anilines is 1. The third kappa shape index (κ3) is 5.92. The zero-order chi connectivity index (χ0) is 23.4. The minimum absolute atomic E-state index is 0.228. The van der Waals surface area contributed by atoms with E-state index < -0.39 is 0 Å². The van der Waals surface area contributed by atoms with Gasteiger partial charge in [0, 0.05) is 11.8 Å². The Morgan fingerprint density at radius 3 is 2.64 bits per heavy atom. The third-order valence-electron chi connectivity index (χ3n) is 4.85. The summed E-state index contributed by atoms with van der Waals surface area (Å²) in [4.78, 5) is 12.8. The second-order valence-corrected chi connectivity index (χ2v) is 8.34. The van der Waals surface area contributed by atoms with Crippen molar-refractivity contribution in [1.29, 1.82) is 0 Å². The van der Waals surface area contributed by atoms with Gasteiger partial charge in [0.2, 0.25) is 0 Å². The molecule has 1 aromatic heterocycles. The molecule has 4 rings (SSSR count). The molecule has 0 bridgehead atoms. The minimum Gasteiger partial charge on any atom is -0.487 e. The van der Waals surface area contributed by atoms with Crippen LogP contribution in [0.5, 0.6) is 5.75 Å². The zero-order valence-electron chi connectivity index (χ0n) is 17.7. The molecule has 0 aliphatic heterocycles. The van der Waals surface area contributed by atoms with E-state index in [1.54, 1.807) is 47.3 Å². The summed E-state index contributed by atoms with van der Waals surface area (Å²) in [6.07, 6.45) is 1.58. The van der Waals surface area contributed by atoms with Crippen LogP contribution in [0.25, 0.3) is 0 Å². The molecule has 0 atom stereocenters. The lowest BCUT2D eigenvalue weighted by atomic mass is 10.1. The van der Waals surface area contributed by atoms with Crippen LogP contribution in [-0.2, 0) is 13.2 Å². The Morgan fingerprint density at radius 2 is 1.82 bits per heavy atom. The number of benzene rings is 3. The van der Waals surface area contributed by atoms with Crippen LogP contribution in [0.4, 0.5) is 10.2 Å². The summed E-state index contributed by atoms with van der Waals surface area (Å²) in [6.45, 7) is 2.54. The topological polar surface area (TPSA) is 56.1 Å². The monoisotopic (exact) mass is 483 g/mol. The first-order chi connectivity index (χ1) is 15.9. The lowest BCUT2D eigenvalue weighted by Gasteiger charge is -2.10. The molecule has 0 radical (unpaired) electrons. The number of nitrogens with zero attached hydrogens (tertiary/aromatic N) is 2. The van der Waals surface area contributed by atoms with Gasteiger partial charge in [-0.2, -0.15) is 5.10 Å². The van der Waals surface area contributed by atoms with Crippen molar-refractivity contribution in [3.63, 3.8) is 0 Å². The second-order valence-electron chi connectivity index (χ2n) is 7.53. The average molecular weight is 484 g/mol. The van der Waals surface area contributed by atoms with Gasteiger partial charge in [-0.3, -0.25) is 9.48 Å². The average Bonchev–Trinajstić information content (AvgIpc) is 3.13. The summed E-state index contributed by atoms with van der Waals surface area (Å²) >= 11 is 12.4. The van der Waals surface area contributed by atoms with Gasteiger partial charge in [0.25, 0.3) is 5.91 Å². The predicted molar refractivity (Wildman–Crippen MR) is 128 cm³/mol. The van der Waals surface area contributed by atoms with Crippen LogP contribution in [0.1, 0.15) is 27.0 Å². The summed E-state index contributed by atoms with van der Waals surface area (Å²) in [5, 5.41) is 7.84. The molecule has 168 valence electrons. The summed E-state index contributed by atoms with van der Waals surface area (Å²) in [5.74, 6) is 0.129. The smallest absolute Gasteiger partial charge is 0.256 e. The fourth-order valence-electron chi connectivity index (χ4n) is 3.25. The first-order valence-electron chi connectivity index (χ1n) is 10.1. The molecule has 4 aromatic rings. The molecule has 0 aliphatic carbocycles. The number of amides is 1. The number of aromatic nitrogens is 2. The number of ether oxygens (including phenoxy) is 1. The first kappa shape index (κ1) is 22.8. The van der Waals surface area contributed by atoms with Gasteiger partial charge in [-0.15, -0.1) is 0 Å². The quantitative estimate of drug-likeness (QED) is 0.325. The highest BCUT2D eigenvalue weighted by molar-refractivity contribution is 6.33. The van der Waals surface area contributed by atoms with Crippen molar-refractivity contribution in [2.45, 2.75) is 20.1 Å². The van der Waals surface area contributed by atoms with Gasteiger partial charge in [0.15, 0.2) is 5.82 Å². The molecule has 8 heteroatoms. The van der Waals surface area contributed by atoms with Crippen LogP contribution in [0.3, 0.4) is 0 Å². The Bertz CT molecular complexity index is 1310. The number of rotatable bonds is 7. The lowest BCUT2D eigenvalue weighted by molar-refractivity contribution is 0.102. The van der Waals surface area contributed by atoms with Crippen LogP contribution in [-0.4, -0.2) is 15.7 Å². The van der Waals surface area contributed by atoms with Crippen LogP contribution in [0, 0.1) is 12.7 Å². The molecule has 0 spiro atoms. The van der Waals surface area contributed by atoms with E-state index in [1.807, 2.05) is 25.1 Å². The van der Waals surface area contributed by atoms with Gasteiger partial charge in [-0.25, -0.2) is 4.39 Å². The normalized spacial score (nSPS) is 10.8. The highest BCUT2D eigenvalue weighted by Gasteiger charge is 2.13. The summed E-state index contributed by atoms with van der Waals surface area (Å²) in [5.41, 5.74) is 3.01. The van der Waals surface area contributed by atoms with Crippen molar-refractivity contribution in [1.82, 2.24) is 9.78 Å². The Kier molecular flexibility index (Phi) is 6.96. The Labute approximate surface area is 200 Å². The number of carbonyl (C=O) groups excluding carboxylic acids is 1. The summed E-state index contributed by atoms with van der Waals surface area (Å²) in [7, 11) is 0. The van der Waals surface area contributed by atoms with Crippen molar-refractivity contribution in [3.05, 3.63) is 111 Å². The molecule has 5 nitrogen and oxygen atoms in total. The Balaban J connectivity index is 1.42. The maximum absolute atomic E-state index is 13.4. The van der Waals surface area contributed by atoms with E-state index in [1.165, 1.54) is 12.1 Å². The van der Waals surface area contributed by atoms with Crippen molar-refractivity contribution >= 4 is 34.9 Å². The number of carbonyl (C=O) groups is 1. The van der Waals surface area contributed by atoms with Crippen LogP contribution >= 0.6 is 23.2 Å². The van der Waals surface area contributed by atoms with Gasteiger partial charge >= 0.3 is 0 Å². The largest absolute Gasteiger partial charge is 0.487 e. The molecule has 0 fully saturated rings. The van der Waals surface area contributed by atoms with E-state index in [0.29, 0.717) is 22.9 Å². The molecule has 1 heterocycles. The molecule has 3 aromatic carbocycles. The van der Waals surface area contributed by atoms with Gasteiger partial charge in [-0.1, -0.05) is 53.5 Å². The fourth-order valence-corrected chi connectivity index (χ4v) is 3.62. The number of aryl methyl sites for hydroxylation is 1. The van der Waals surface area contributed by atoms with Gasteiger partial charge < -0.3 is 10.1 Å². The first-order valence-corrected chi connectivity index (χ1v) is 10.9. The molecule has 1 N–H and O–H groups in total. The molecule has 0 aliphatic rings. The molecule has 0 saturated heterocycles. The van der Waals surface area contributed by atoms with Crippen LogP contribution in [0.15, 0.2) is 72.9 Å². The number of halogens is 3. The highest BCUT2D eigenvalue weighted by atomic mass is 35.5. The number of hydrogen-bond donors (Lipinski definition) is 1. The molecule has 0 unspecified atom stereocenters. The van der Waals surface area contributed by atoms with E-state index in [0.717, 1.165) is 16.7 Å². The zero-order valence-corrected chi connectivity index (χ0v) is 19.2. The third-order valence-corrected chi connectivity index (χ3v) is 5.44. The molecular weight excluding hydrogens is 464 g/mol. The summed E-state index contributed by atoms with van der Waals surface area (Å²) < 4.78 is 20.8. The molecule has 1 amide bonds. The predicted octanol–water partition coefficient (Wildman–Crippen LogP) is 6.52. The maximum Gasteiger partial charge on any atom is 0.256 e. The molecule has 33 heavy (non-hydrogen) atoms. The lowest BCUT2D eigenvalue weighted by Crippen LogP contribution is -2.13. The van der Waals surface area contributed by atoms with E-state index in [2.05, 4.69) is 10.4 Å². The maximum atomic E-state index is 13.4. The fraction of sp³-hybridized carbons (Fsp3) is 0.120. The van der Waals surface area contributed by atoms with Crippen molar-refractivity contribution in [2.24, 2.45) is 0 Å². The van der Waals surface area contributed by atoms with E-state index in [4.69, 9.17) is 27.9 Å². The van der Waals surface area contributed by atoms with Crippen LogP contribution in [0.2, 0.25) is 10.0 Å². The van der Waals surface area contributed by atoms with Crippen molar-refractivity contribution in [2.75, 3.05) is 5.32 Å². The van der Waals surface area contributed by atoms with Gasteiger partial charge in [0.05, 0.1) is 11.6 Å². The molecular formula is C25H20Cl2FN3O2. The van der Waals surface area contributed by atoms with Crippen LogP contribution < -0.4 is 10.1 Å². The number of hydrogen-bond acceptors (Lipinski definition) is 3. The second kappa shape index (κ2) is 10.1. The Morgan fingerprint density at radius 1 is 1.03 bits per heavy atom. The van der Waals surface area contributed by atoms with Gasteiger partial charge in [0.1, 0.15) is 23.2 Å². The van der Waals surface area contributed by atoms with Gasteiger partial charge in [-0.05, 0) is 60.0 Å². The minimum atomic E-state index is -0.358. The van der Waals surface area contributed by atoms with Crippen molar-refractivity contribution < 1.29 is 13.9 Å².